The third kappa shape index (κ3) is 3.93. The summed E-state index contributed by atoms with van der Waals surface area (Å²) in [7, 11) is 0. The first-order chi connectivity index (χ1) is 12.4. The van der Waals surface area contributed by atoms with Crippen LogP contribution in [0.3, 0.4) is 0 Å². The smallest absolute Gasteiger partial charge is 0.101 e. The number of nitrogens with one attached hydrogen (secondary N) is 1. The van der Waals surface area contributed by atoms with Crippen molar-refractivity contribution in [3.63, 3.8) is 0 Å². The highest BCUT2D eigenvalue weighted by molar-refractivity contribution is 5.85. The molecule has 2 aromatic rings. The van der Waals surface area contributed by atoms with Gasteiger partial charge in [-0.25, -0.2) is 0 Å². The molecule has 0 amide bonds. The largest absolute Gasteiger partial charge is 0.381 e. The average Bonchev–Trinajstić information content (AvgIpc) is 3.13. The molecular formula is C22H26N2O. The van der Waals surface area contributed by atoms with Gasteiger partial charge in [-0.05, 0) is 36.3 Å². The van der Waals surface area contributed by atoms with Crippen molar-refractivity contribution in [3.05, 3.63) is 71.8 Å². The Morgan fingerprint density at radius 2 is 1.52 bits per heavy atom. The first-order valence-electron chi connectivity index (χ1n) is 9.41. The van der Waals surface area contributed by atoms with Crippen molar-refractivity contribution in [1.82, 2.24) is 5.32 Å². The molecule has 2 unspecified atom stereocenters. The van der Waals surface area contributed by atoms with Crippen molar-refractivity contribution in [3.8, 4) is 0 Å². The Hall–Kier alpha value is -2.13. The van der Waals surface area contributed by atoms with Gasteiger partial charge in [0, 0.05) is 19.6 Å². The lowest BCUT2D eigenvalue weighted by molar-refractivity contribution is 0.0645. The summed E-state index contributed by atoms with van der Waals surface area (Å²) in [6.07, 6.45) is 4.63. The molecule has 0 spiro atoms. The number of benzene rings is 2. The average molecular weight is 334 g/mol. The molecule has 130 valence electrons. The Balaban J connectivity index is 1.50. The van der Waals surface area contributed by atoms with Gasteiger partial charge in [-0.1, -0.05) is 60.7 Å². The number of aliphatic imine (C=N–C) groups is 1. The molecular weight excluding hydrogens is 308 g/mol. The summed E-state index contributed by atoms with van der Waals surface area (Å²) in [5, 5.41) is 3.71. The minimum absolute atomic E-state index is 0.160. The summed E-state index contributed by atoms with van der Waals surface area (Å²) in [6.45, 7) is 1.84. The number of hydrogen-bond acceptors (Lipinski definition) is 3. The molecule has 4 rings (SSSR count). The third-order valence-corrected chi connectivity index (χ3v) is 5.36. The fraction of sp³-hybridized carbons (Fsp3) is 0.409. The van der Waals surface area contributed by atoms with Crippen LogP contribution in [0, 0.1) is 5.92 Å². The van der Waals surface area contributed by atoms with Gasteiger partial charge in [-0.2, -0.15) is 0 Å². The van der Waals surface area contributed by atoms with E-state index in [4.69, 9.17) is 9.73 Å². The van der Waals surface area contributed by atoms with Crippen LogP contribution in [0.4, 0.5) is 0 Å². The lowest BCUT2D eigenvalue weighted by Gasteiger charge is -2.22. The molecule has 2 aliphatic heterocycles. The SMILES string of the molecule is c1ccc(C2N=C(CCC3CCOCC3)NC2c2ccccc2)cc1. The molecule has 3 nitrogen and oxygen atoms in total. The van der Waals surface area contributed by atoms with Crippen molar-refractivity contribution in [2.24, 2.45) is 10.9 Å². The molecule has 0 aliphatic carbocycles. The van der Waals surface area contributed by atoms with Crippen molar-refractivity contribution in [1.29, 1.82) is 0 Å². The van der Waals surface area contributed by atoms with Crippen LogP contribution in [0.2, 0.25) is 0 Å². The van der Waals surface area contributed by atoms with Crippen molar-refractivity contribution < 1.29 is 4.74 Å². The van der Waals surface area contributed by atoms with E-state index in [9.17, 15) is 0 Å². The Labute approximate surface area is 150 Å². The molecule has 1 fully saturated rings. The molecule has 0 bridgehead atoms. The van der Waals surface area contributed by atoms with E-state index in [1.165, 1.54) is 30.4 Å². The summed E-state index contributed by atoms with van der Waals surface area (Å²) in [4.78, 5) is 5.07. The van der Waals surface area contributed by atoms with E-state index in [1.54, 1.807) is 0 Å². The van der Waals surface area contributed by atoms with Crippen LogP contribution in [-0.2, 0) is 4.74 Å². The quantitative estimate of drug-likeness (QED) is 0.861. The summed E-state index contributed by atoms with van der Waals surface area (Å²) in [5.41, 5.74) is 2.59. The van der Waals surface area contributed by atoms with Crippen LogP contribution >= 0.6 is 0 Å². The van der Waals surface area contributed by atoms with E-state index < -0.39 is 0 Å². The highest BCUT2D eigenvalue weighted by Crippen LogP contribution is 2.36. The van der Waals surface area contributed by atoms with E-state index in [2.05, 4.69) is 66.0 Å². The van der Waals surface area contributed by atoms with E-state index in [0.717, 1.165) is 31.4 Å². The monoisotopic (exact) mass is 334 g/mol. The first kappa shape index (κ1) is 16.3. The number of ether oxygens (including phenoxy) is 1. The van der Waals surface area contributed by atoms with Crippen molar-refractivity contribution in [2.75, 3.05) is 13.2 Å². The van der Waals surface area contributed by atoms with Gasteiger partial charge in [0.05, 0.1) is 11.9 Å². The van der Waals surface area contributed by atoms with Crippen LogP contribution in [-0.4, -0.2) is 19.0 Å². The van der Waals surface area contributed by atoms with Crippen LogP contribution < -0.4 is 5.32 Å². The van der Waals surface area contributed by atoms with E-state index in [1.807, 2.05) is 0 Å². The Kier molecular flexibility index (Phi) is 5.12. The molecule has 25 heavy (non-hydrogen) atoms. The van der Waals surface area contributed by atoms with E-state index >= 15 is 0 Å². The van der Waals surface area contributed by atoms with Gasteiger partial charge in [-0.3, -0.25) is 4.99 Å². The number of nitrogens with zero attached hydrogens (tertiary/aromatic N) is 1. The minimum Gasteiger partial charge on any atom is -0.381 e. The molecule has 2 heterocycles. The molecule has 1 N–H and O–H groups in total. The van der Waals surface area contributed by atoms with Crippen molar-refractivity contribution in [2.45, 2.75) is 37.8 Å². The second-order valence-electron chi connectivity index (χ2n) is 7.06. The molecule has 2 atom stereocenters. The summed E-state index contributed by atoms with van der Waals surface area (Å²) in [5.74, 6) is 1.94. The third-order valence-electron chi connectivity index (χ3n) is 5.36. The molecule has 0 radical (unpaired) electrons. The fourth-order valence-corrected chi connectivity index (χ4v) is 3.89. The van der Waals surface area contributed by atoms with Crippen LogP contribution in [0.5, 0.6) is 0 Å². The zero-order valence-corrected chi connectivity index (χ0v) is 14.6. The molecule has 2 aliphatic rings. The van der Waals surface area contributed by atoms with Crippen LogP contribution in [0.15, 0.2) is 65.7 Å². The van der Waals surface area contributed by atoms with E-state index in [0.29, 0.717) is 0 Å². The number of rotatable bonds is 5. The van der Waals surface area contributed by atoms with Gasteiger partial charge in [0.15, 0.2) is 0 Å². The lowest BCUT2D eigenvalue weighted by Crippen LogP contribution is -2.25. The number of amidine groups is 1. The van der Waals surface area contributed by atoms with Gasteiger partial charge in [0.1, 0.15) is 6.04 Å². The van der Waals surface area contributed by atoms with E-state index in [-0.39, 0.29) is 12.1 Å². The molecule has 0 saturated carbocycles. The number of hydrogen-bond donors (Lipinski definition) is 1. The molecule has 3 heteroatoms. The Bertz CT molecular complexity index is 692. The van der Waals surface area contributed by atoms with Gasteiger partial charge in [0.2, 0.25) is 0 Å². The van der Waals surface area contributed by atoms with Gasteiger partial charge >= 0.3 is 0 Å². The fourth-order valence-electron chi connectivity index (χ4n) is 3.89. The summed E-state index contributed by atoms with van der Waals surface area (Å²) < 4.78 is 5.48. The highest BCUT2D eigenvalue weighted by atomic mass is 16.5. The zero-order valence-electron chi connectivity index (χ0n) is 14.6. The maximum atomic E-state index is 5.48. The predicted molar refractivity (Wildman–Crippen MR) is 102 cm³/mol. The summed E-state index contributed by atoms with van der Waals surface area (Å²) >= 11 is 0. The maximum absolute atomic E-state index is 5.48. The van der Waals surface area contributed by atoms with Gasteiger partial charge in [-0.15, -0.1) is 0 Å². The maximum Gasteiger partial charge on any atom is 0.101 e. The molecule has 2 aromatic carbocycles. The van der Waals surface area contributed by atoms with Crippen LogP contribution in [0.1, 0.15) is 48.9 Å². The Morgan fingerprint density at radius 1 is 0.880 bits per heavy atom. The standard InChI is InChI=1S/C22H26N2O/c1-3-7-18(8-4-1)21-22(19-9-5-2-6-10-19)24-20(23-21)12-11-17-13-15-25-16-14-17/h1-10,17,21-22H,11-16H2,(H,23,24). The van der Waals surface area contributed by atoms with Gasteiger partial charge < -0.3 is 10.1 Å². The molecule has 1 saturated heterocycles. The summed E-state index contributed by atoms with van der Waals surface area (Å²) in [6, 6.07) is 21.7. The Morgan fingerprint density at radius 3 is 2.20 bits per heavy atom. The second-order valence-corrected chi connectivity index (χ2v) is 7.06. The normalized spacial score (nSPS) is 23.9. The second kappa shape index (κ2) is 7.83. The highest BCUT2D eigenvalue weighted by Gasteiger charge is 2.31. The zero-order chi connectivity index (χ0) is 16.9. The van der Waals surface area contributed by atoms with Crippen molar-refractivity contribution >= 4 is 5.84 Å². The first-order valence-corrected chi connectivity index (χ1v) is 9.41. The van der Waals surface area contributed by atoms with Gasteiger partial charge in [0.25, 0.3) is 0 Å². The molecule has 0 aromatic heterocycles. The lowest BCUT2D eigenvalue weighted by atomic mass is 9.94. The minimum atomic E-state index is 0.160. The topological polar surface area (TPSA) is 33.6 Å². The predicted octanol–water partition coefficient (Wildman–Crippen LogP) is 4.68. The van der Waals surface area contributed by atoms with Crippen LogP contribution in [0.25, 0.3) is 0 Å².